The average Bonchev–Trinajstić information content (AvgIpc) is 3.10. The Kier molecular flexibility index (Phi) is 4.18. The molecule has 2 rings (SSSR count). The molecule has 0 amide bonds. The molecule has 0 N–H and O–H groups in total. The number of carbonyl (C=O) groups is 1. The lowest BCUT2D eigenvalue weighted by Gasteiger charge is -2.04. The lowest BCUT2D eigenvalue weighted by atomic mass is 10.2. The molecule has 3 nitrogen and oxygen atoms in total. The van der Waals surface area contributed by atoms with Gasteiger partial charge in [0.05, 0.1) is 26.2 Å². The molecule has 1 saturated carbocycles. The molecule has 1 aliphatic carbocycles. The molecule has 2 unspecified atom stereocenters. The molecule has 1 aromatic carbocycles. The minimum Gasteiger partial charge on any atom is -0.469 e. The molecule has 92 valence electrons. The minimum atomic E-state index is -0.109. The van der Waals surface area contributed by atoms with Crippen LogP contribution in [0.15, 0.2) is 28.7 Å². The molecule has 2 atom stereocenters. The Bertz CT molecular complexity index is 388. The Hall–Kier alpha value is -0.870. The largest absolute Gasteiger partial charge is 0.469 e. The summed E-state index contributed by atoms with van der Waals surface area (Å²) in [6, 6.07) is 8.03. The van der Waals surface area contributed by atoms with Crippen molar-refractivity contribution in [2.45, 2.75) is 13.0 Å². The second-order valence-electron chi connectivity index (χ2n) is 4.27. The minimum absolute atomic E-state index is 0.0601. The molecular formula is C13H15BrO3. The van der Waals surface area contributed by atoms with Gasteiger partial charge in [-0.05, 0) is 30.0 Å². The van der Waals surface area contributed by atoms with E-state index < -0.39 is 0 Å². The highest BCUT2D eigenvalue weighted by Gasteiger charge is 2.43. The summed E-state index contributed by atoms with van der Waals surface area (Å²) in [5, 5.41) is 0. The van der Waals surface area contributed by atoms with Gasteiger partial charge in [0.15, 0.2) is 0 Å². The third-order valence-electron chi connectivity index (χ3n) is 2.94. The Morgan fingerprint density at radius 2 is 2.12 bits per heavy atom. The van der Waals surface area contributed by atoms with Crippen LogP contribution in [-0.4, -0.2) is 19.7 Å². The van der Waals surface area contributed by atoms with Crippen LogP contribution in [-0.2, 0) is 20.9 Å². The van der Waals surface area contributed by atoms with Crippen molar-refractivity contribution in [1.29, 1.82) is 0 Å². The summed E-state index contributed by atoms with van der Waals surface area (Å²) in [5.41, 5.74) is 1.14. The summed E-state index contributed by atoms with van der Waals surface area (Å²) >= 11 is 3.39. The number of hydrogen-bond donors (Lipinski definition) is 0. The van der Waals surface area contributed by atoms with Crippen molar-refractivity contribution in [3.8, 4) is 0 Å². The van der Waals surface area contributed by atoms with Crippen molar-refractivity contribution in [1.82, 2.24) is 0 Å². The van der Waals surface area contributed by atoms with Gasteiger partial charge in [-0.15, -0.1) is 0 Å². The van der Waals surface area contributed by atoms with E-state index in [2.05, 4.69) is 20.7 Å². The van der Waals surface area contributed by atoms with Gasteiger partial charge in [0.2, 0.25) is 0 Å². The van der Waals surface area contributed by atoms with Gasteiger partial charge in [-0.3, -0.25) is 4.79 Å². The predicted octanol–water partition coefficient (Wildman–Crippen LogP) is 2.77. The molecule has 17 heavy (non-hydrogen) atoms. The average molecular weight is 299 g/mol. The van der Waals surface area contributed by atoms with Crippen LogP contribution in [0.25, 0.3) is 0 Å². The fraction of sp³-hybridized carbons (Fsp3) is 0.462. The van der Waals surface area contributed by atoms with E-state index in [-0.39, 0.29) is 11.9 Å². The van der Waals surface area contributed by atoms with E-state index in [9.17, 15) is 4.79 Å². The first kappa shape index (κ1) is 12.6. The van der Waals surface area contributed by atoms with Crippen LogP contribution < -0.4 is 0 Å². The summed E-state index contributed by atoms with van der Waals surface area (Å²) in [7, 11) is 1.43. The molecule has 0 aromatic heterocycles. The van der Waals surface area contributed by atoms with Crippen molar-refractivity contribution in [3.05, 3.63) is 34.3 Å². The van der Waals surface area contributed by atoms with E-state index in [0.717, 1.165) is 16.5 Å². The maximum atomic E-state index is 11.2. The highest BCUT2D eigenvalue weighted by molar-refractivity contribution is 9.10. The normalized spacial score (nSPS) is 22.2. The summed E-state index contributed by atoms with van der Waals surface area (Å²) in [5.74, 6) is 0.296. The molecule has 0 aliphatic heterocycles. The van der Waals surface area contributed by atoms with Crippen molar-refractivity contribution in [2.24, 2.45) is 11.8 Å². The highest BCUT2D eigenvalue weighted by Crippen LogP contribution is 2.39. The van der Waals surface area contributed by atoms with Gasteiger partial charge in [0, 0.05) is 4.47 Å². The lowest BCUT2D eigenvalue weighted by molar-refractivity contribution is -0.142. The first-order valence-corrected chi connectivity index (χ1v) is 6.40. The predicted molar refractivity (Wildman–Crippen MR) is 67.4 cm³/mol. The van der Waals surface area contributed by atoms with Gasteiger partial charge in [0.25, 0.3) is 0 Å². The molecule has 1 aromatic rings. The number of hydrogen-bond acceptors (Lipinski definition) is 3. The smallest absolute Gasteiger partial charge is 0.309 e. The van der Waals surface area contributed by atoms with Crippen LogP contribution in [0.5, 0.6) is 0 Å². The van der Waals surface area contributed by atoms with Gasteiger partial charge < -0.3 is 9.47 Å². The van der Waals surface area contributed by atoms with Crippen LogP contribution in [0.1, 0.15) is 12.0 Å². The monoisotopic (exact) mass is 298 g/mol. The number of esters is 1. The summed E-state index contributed by atoms with van der Waals surface area (Å²) in [6.45, 7) is 1.23. The molecule has 1 fully saturated rings. The quantitative estimate of drug-likeness (QED) is 0.784. The van der Waals surface area contributed by atoms with Crippen LogP contribution in [0.4, 0.5) is 0 Å². The van der Waals surface area contributed by atoms with E-state index in [1.54, 1.807) is 0 Å². The van der Waals surface area contributed by atoms with Crippen molar-refractivity contribution < 1.29 is 14.3 Å². The number of rotatable bonds is 5. The zero-order valence-electron chi connectivity index (χ0n) is 9.69. The SMILES string of the molecule is COC(=O)C1CC1COCc1ccc(Br)cc1. The number of carbonyl (C=O) groups excluding carboxylic acids is 1. The van der Waals surface area contributed by atoms with Gasteiger partial charge in [0.1, 0.15) is 0 Å². The number of ether oxygens (including phenoxy) is 2. The van der Waals surface area contributed by atoms with Gasteiger partial charge in [-0.2, -0.15) is 0 Å². The van der Waals surface area contributed by atoms with Crippen molar-refractivity contribution >= 4 is 21.9 Å². The Labute approximate surface area is 109 Å². The molecular weight excluding hydrogens is 284 g/mol. The van der Waals surface area contributed by atoms with Crippen LogP contribution in [0, 0.1) is 11.8 Å². The van der Waals surface area contributed by atoms with Crippen LogP contribution in [0.3, 0.4) is 0 Å². The van der Waals surface area contributed by atoms with Crippen LogP contribution in [0.2, 0.25) is 0 Å². The molecule has 0 saturated heterocycles. The number of benzene rings is 1. The lowest BCUT2D eigenvalue weighted by Crippen LogP contribution is -2.07. The van der Waals surface area contributed by atoms with E-state index >= 15 is 0 Å². The van der Waals surface area contributed by atoms with E-state index in [1.807, 2.05) is 24.3 Å². The first-order chi connectivity index (χ1) is 8.20. The van der Waals surface area contributed by atoms with Gasteiger partial charge in [-0.1, -0.05) is 28.1 Å². The zero-order chi connectivity index (χ0) is 12.3. The Morgan fingerprint density at radius 3 is 2.76 bits per heavy atom. The molecule has 0 heterocycles. The molecule has 0 radical (unpaired) electrons. The summed E-state index contributed by atoms with van der Waals surface area (Å²) < 4.78 is 11.3. The van der Waals surface area contributed by atoms with Crippen molar-refractivity contribution in [3.63, 3.8) is 0 Å². The molecule has 0 spiro atoms. The summed E-state index contributed by atoms with van der Waals surface area (Å²) in [4.78, 5) is 11.2. The fourth-order valence-corrected chi connectivity index (χ4v) is 2.04. The molecule has 1 aliphatic rings. The summed E-state index contributed by atoms with van der Waals surface area (Å²) in [6.07, 6.45) is 0.896. The third kappa shape index (κ3) is 3.54. The standard InChI is InChI=1S/C13H15BrO3/c1-16-13(15)12-6-10(12)8-17-7-9-2-4-11(14)5-3-9/h2-5,10,12H,6-8H2,1H3. The maximum Gasteiger partial charge on any atom is 0.309 e. The second-order valence-corrected chi connectivity index (χ2v) is 5.18. The zero-order valence-corrected chi connectivity index (χ0v) is 11.3. The fourth-order valence-electron chi connectivity index (χ4n) is 1.78. The molecule has 4 heteroatoms. The van der Waals surface area contributed by atoms with Crippen LogP contribution >= 0.6 is 15.9 Å². The highest BCUT2D eigenvalue weighted by atomic mass is 79.9. The topological polar surface area (TPSA) is 35.5 Å². The Morgan fingerprint density at radius 1 is 1.41 bits per heavy atom. The first-order valence-electron chi connectivity index (χ1n) is 5.60. The molecule has 0 bridgehead atoms. The second kappa shape index (κ2) is 5.65. The van der Waals surface area contributed by atoms with E-state index in [1.165, 1.54) is 7.11 Å². The van der Waals surface area contributed by atoms with Gasteiger partial charge >= 0.3 is 5.97 Å². The number of methoxy groups -OCH3 is 1. The number of halogens is 1. The van der Waals surface area contributed by atoms with Gasteiger partial charge in [-0.25, -0.2) is 0 Å². The Balaban J connectivity index is 1.68. The van der Waals surface area contributed by atoms with Crippen molar-refractivity contribution in [2.75, 3.05) is 13.7 Å². The maximum absolute atomic E-state index is 11.2. The van der Waals surface area contributed by atoms with E-state index in [4.69, 9.17) is 4.74 Å². The van der Waals surface area contributed by atoms with E-state index in [0.29, 0.717) is 19.1 Å². The third-order valence-corrected chi connectivity index (χ3v) is 3.47.